The maximum atomic E-state index is 10.7. The molecule has 0 amide bonds. The first kappa shape index (κ1) is 10.8. The Morgan fingerprint density at radius 2 is 1.85 bits per heavy atom. The monoisotopic (exact) mass is 238 g/mol. The van der Waals surface area contributed by atoms with Crippen LogP contribution in [-0.4, -0.2) is 8.42 Å². The summed E-state index contributed by atoms with van der Waals surface area (Å²) in [5.41, 5.74) is 1.55. The molecule has 72 valence electrons. The third-order valence-electron chi connectivity index (χ3n) is 1.48. The van der Waals surface area contributed by atoms with Gasteiger partial charge < -0.3 is 0 Å². The fourth-order valence-corrected chi connectivity index (χ4v) is 2.12. The van der Waals surface area contributed by atoms with Crippen LogP contribution >= 0.6 is 22.3 Å². The van der Waals surface area contributed by atoms with Crippen LogP contribution in [0.1, 0.15) is 11.1 Å². The molecule has 0 saturated carbocycles. The summed E-state index contributed by atoms with van der Waals surface area (Å²) in [4.78, 5) is 0. The summed E-state index contributed by atoms with van der Waals surface area (Å²) in [5.74, 6) is 0.218. The van der Waals surface area contributed by atoms with Gasteiger partial charge in [0, 0.05) is 16.6 Å². The van der Waals surface area contributed by atoms with Crippen LogP contribution in [0.25, 0.3) is 0 Å². The minimum atomic E-state index is -3.47. The molecule has 0 heterocycles. The molecule has 0 spiro atoms. The Morgan fingerprint density at radius 3 is 2.38 bits per heavy atom. The molecule has 5 heteroatoms. The summed E-state index contributed by atoms with van der Waals surface area (Å²) in [6.45, 7) is 0. The van der Waals surface area contributed by atoms with Crippen LogP contribution in [0.5, 0.6) is 0 Å². The fraction of sp³-hybridized carbons (Fsp3) is 0.250. The average molecular weight is 239 g/mol. The molecular weight excluding hydrogens is 231 g/mol. The van der Waals surface area contributed by atoms with Crippen molar-refractivity contribution in [2.75, 3.05) is 0 Å². The Hall–Kier alpha value is -0.250. The van der Waals surface area contributed by atoms with Crippen LogP contribution in [0.2, 0.25) is 0 Å². The standard InChI is InChI=1S/C8H8Cl2O2S/c9-5-7-2-1-3-8(4-7)6-13(10,11)12/h1-4H,5-6H2. The van der Waals surface area contributed by atoms with Crippen molar-refractivity contribution in [1.29, 1.82) is 0 Å². The molecule has 0 radical (unpaired) electrons. The topological polar surface area (TPSA) is 34.1 Å². The molecule has 0 atom stereocenters. The Labute approximate surface area is 86.9 Å². The number of benzene rings is 1. The van der Waals surface area contributed by atoms with Gasteiger partial charge in [-0.3, -0.25) is 0 Å². The lowest BCUT2D eigenvalue weighted by Gasteiger charge is -1.99. The highest BCUT2D eigenvalue weighted by Crippen LogP contribution is 2.12. The van der Waals surface area contributed by atoms with E-state index in [4.69, 9.17) is 22.3 Å². The molecule has 2 nitrogen and oxygen atoms in total. The van der Waals surface area contributed by atoms with Crippen molar-refractivity contribution in [2.24, 2.45) is 0 Å². The minimum absolute atomic E-state index is 0.153. The zero-order valence-corrected chi connectivity index (χ0v) is 9.03. The summed E-state index contributed by atoms with van der Waals surface area (Å²) >= 11 is 5.59. The first-order valence-corrected chi connectivity index (χ1v) is 6.59. The second-order valence-corrected chi connectivity index (χ2v) is 5.68. The SMILES string of the molecule is O=S(=O)(Cl)Cc1cccc(CCl)c1. The normalized spacial score (nSPS) is 11.5. The molecule has 0 aliphatic carbocycles. The Kier molecular flexibility index (Phi) is 3.59. The molecule has 0 bridgehead atoms. The van der Waals surface area contributed by atoms with E-state index in [1.165, 1.54) is 0 Å². The highest BCUT2D eigenvalue weighted by atomic mass is 35.7. The van der Waals surface area contributed by atoms with Gasteiger partial charge in [-0.2, -0.15) is 0 Å². The van der Waals surface area contributed by atoms with Crippen molar-refractivity contribution in [1.82, 2.24) is 0 Å². The van der Waals surface area contributed by atoms with E-state index in [1.54, 1.807) is 18.2 Å². The van der Waals surface area contributed by atoms with Gasteiger partial charge in [-0.15, -0.1) is 11.6 Å². The maximum Gasteiger partial charge on any atom is 0.236 e. The Balaban J connectivity index is 2.90. The minimum Gasteiger partial charge on any atom is -0.212 e. The van der Waals surface area contributed by atoms with Crippen LogP contribution in [0.3, 0.4) is 0 Å². The van der Waals surface area contributed by atoms with Gasteiger partial charge in [-0.1, -0.05) is 24.3 Å². The summed E-state index contributed by atoms with van der Waals surface area (Å²) < 4.78 is 21.5. The first-order valence-electron chi connectivity index (χ1n) is 3.57. The molecular formula is C8H8Cl2O2S. The number of alkyl halides is 1. The van der Waals surface area contributed by atoms with Crippen molar-refractivity contribution in [2.45, 2.75) is 11.6 Å². The summed E-state index contributed by atoms with van der Waals surface area (Å²) in [7, 11) is 1.63. The lowest BCUT2D eigenvalue weighted by molar-refractivity contribution is 0.609. The van der Waals surface area contributed by atoms with E-state index in [0.717, 1.165) is 5.56 Å². The van der Waals surface area contributed by atoms with Crippen molar-refractivity contribution in [3.05, 3.63) is 35.4 Å². The van der Waals surface area contributed by atoms with E-state index < -0.39 is 9.05 Å². The predicted octanol–water partition coefficient (Wildman–Crippen LogP) is 2.49. The van der Waals surface area contributed by atoms with Gasteiger partial charge in [0.15, 0.2) is 0 Å². The lowest BCUT2D eigenvalue weighted by Crippen LogP contribution is -1.95. The summed E-state index contributed by atoms with van der Waals surface area (Å²) in [6, 6.07) is 7.02. The zero-order chi connectivity index (χ0) is 9.90. The summed E-state index contributed by atoms with van der Waals surface area (Å²) in [5, 5.41) is 0. The Bertz CT molecular complexity index is 387. The number of hydrogen-bond acceptors (Lipinski definition) is 2. The van der Waals surface area contributed by atoms with Crippen LogP contribution < -0.4 is 0 Å². The highest BCUT2D eigenvalue weighted by Gasteiger charge is 2.06. The van der Waals surface area contributed by atoms with E-state index in [0.29, 0.717) is 11.4 Å². The van der Waals surface area contributed by atoms with E-state index in [-0.39, 0.29) is 5.75 Å². The van der Waals surface area contributed by atoms with Gasteiger partial charge in [0.25, 0.3) is 0 Å². The average Bonchev–Trinajstić information content (AvgIpc) is 2.01. The molecule has 0 aromatic heterocycles. The van der Waals surface area contributed by atoms with Gasteiger partial charge in [0.1, 0.15) is 0 Å². The zero-order valence-electron chi connectivity index (χ0n) is 6.70. The van der Waals surface area contributed by atoms with Crippen LogP contribution in [0, 0.1) is 0 Å². The van der Waals surface area contributed by atoms with E-state index in [2.05, 4.69) is 0 Å². The maximum absolute atomic E-state index is 10.7. The van der Waals surface area contributed by atoms with Crippen molar-refractivity contribution in [3.63, 3.8) is 0 Å². The largest absolute Gasteiger partial charge is 0.236 e. The van der Waals surface area contributed by atoms with Gasteiger partial charge in [-0.25, -0.2) is 8.42 Å². The van der Waals surface area contributed by atoms with Crippen molar-refractivity contribution < 1.29 is 8.42 Å². The molecule has 13 heavy (non-hydrogen) atoms. The first-order chi connectivity index (χ1) is 6.01. The molecule has 1 rings (SSSR count). The van der Waals surface area contributed by atoms with Gasteiger partial charge in [0.2, 0.25) is 9.05 Å². The van der Waals surface area contributed by atoms with Crippen LogP contribution in [0.4, 0.5) is 0 Å². The number of rotatable bonds is 3. The molecule has 0 unspecified atom stereocenters. The molecule has 0 fully saturated rings. The van der Waals surface area contributed by atoms with E-state index in [1.807, 2.05) is 6.07 Å². The van der Waals surface area contributed by atoms with E-state index >= 15 is 0 Å². The molecule has 0 saturated heterocycles. The van der Waals surface area contributed by atoms with Gasteiger partial charge in [-0.05, 0) is 11.1 Å². The molecule has 0 aliphatic heterocycles. The second-order valence-electron chi connectivity index (χ2n) is 2.64. The van der Waals surface area contributed by atoms with Crippen LogP contribution in [0.15, 0.2) is 24.3 Å². The Morgan fingerprint density at radius 1 is 1.23 bits per heavy atom. The second kappa shape index (κ2) is 4.31. The van der Waals surface area contributed by atoms with E-state index in [9.17, 15) is 8.42 Å². The summed E-state index contributed by atoms with van der Waals surface area (Å²) in [6.07, 6.45) is 0. The van der Waals surface area contributed by atoms with Crippen molar-refractivity contribution in [3.8, 4) is 0 Å². The fourth-order valence-electron chi connectivity index (χ4n) is 1.00. The highest BCUT2D eigenvalue weighted by molar-refractivity contribution is 8.13. The van der Waals surface area contributed by atoms with Crippen LogP contribution in [-0.2, 0) is 20.7 Å². The predicted molar refractivity (Wildman–Crippen MR) is 54.5 cm³/mol. The number of hydrogen-bond donors (Lipinski definition) is 0. The smallest absolute Gasteiger partial charge is 0.212 e. The molecule has 1 aromatic carbocycles. The lowest BCUT2D eigenvalue weighted by atomic mass is 10.2. The number of halogens is 2. The van der Waals surface area contributed by atoms with Gasteiger partial charge >= 0.3 is 0 Å². The molecule has 1 aromatic rings. The molecule has 0 aliphatic rings. The third kappa shape index (κ3) is 3.98. The quantitative estimate of drug-likeness (QED) is 0.599. The van der Waals surface area contributed by atoms with Gasteiger partial charge in [0.05, 0.1) is 5.75 Å². The van der Waals surface area contributed by atoms with Crippen molar-refractivity contribution >= 4 is 31.3 Å². The third-order valence-corrected chi connectivity index (χ3v) is 2.80. The molecule has 0 N–H and O–H groups in total.